The van der Waals surface area contributed by atoms with E-state index in [9.17, 15) is 4.79 Å². The number of aryl methyl sites for hydroxylation is 1. The number of anilines is 1. The van der Waals surface area contributed by atoms with Gasteiger partial charge in [-0.25, -0.2) is 4.98 Å². The highest BCUT2D eigenvalue weighted by atomic mass is 16.1. The van der Waals surface area contributed by atoms with Crippen molar-refractivity contribution in [1.29, 1.82) is 0 Å². The summed E-state index contributed by atoms with van der Waals surface area (Å²) in [7, 11) is 1.71. The van der Waals surface area contributed by atoms with Gasteiger partial charge in [-0.05, 0) is 13.8 Å². The lowest BCUT2D eigenvalue weighted by atomic mass is 10.3. The third-order valence-corrected chi connectivity index (χ3v) is 2.34. The van der Waals surface area contributed by atoms with Gasteiger partial charge in [-0.3, -0.25) is 14.0 Å². The number of hydrogen-bond donors (Lipinski definition) is 1. The Balaban J connectivity index is 2.94. The summed E-state index contributed by atoms with van der Waals surface area (Å²) in [5.41, 5.74) is 6.59. The first-order valence-electron chi connectivity index (χ1n) is 4.72. The molecule has 0 spiro atoms. The van der Waals surface area contributed by atoms with Crippen molar-refractivity contribution in [3.8, 4) is 0 Å². The van der Waals surface area contributed by atoms with Gasteiger partial charge >= 0.3 is 0 Å². The molecule has 15 heavy (non-hydrogen) atoms. The Morgan fingerprint density at radius 1 is 1.47 bits per heavy atom. The molecule has 6 nitrogen and oxygen atoms in total. The molecule has 0 saturated carbocycles. The largest absolute Gasteiger partial charge is 0.369 e. The summed E-state index contributed by atoms with van der Waals surface area (Å²) in [6.45, 7) is 3.78. The molecule has 2 rings (SSSR count). The van der Waals surface area contributed by atoms with E-state index >= 15 is 0 Å². The van der Waals surface area contributed by atoms with Crippen molar-refractivity contribution in [3.05, 3.63) is 16.6 Å². The van der Waals surface area contributed by atoms with Crippen molar-refractivity contribution in [3.63, 3.8) is 0 Å². The molecule has 0 saturated heterocycles. The van der Waals surface area contributed by atoms with E-state index in [1.165, 1.54) is 15.4 Å². The van der Waals surface area contributed by atoms with Crippen LogP contribution in [-0.4, -0.2) is 19.3 Å². The normalized spacial score (nSPS) is 11.5. The first-order valence-corrected chi connectivity index (χ1v) is 4.72. The van der Waals surface area contributed by atoms with Crippen LogP contribution >= 0.6 is 0 Å². The molecule has 2 N–H and O–H groups in total. The molecule has 0 bridgehead atoms. The van der Waals surface area contributed by atoms with Crippen molar-refractivity contribution in [1.82, 2.24) is 19.3 Å². The maximum Gasteiger partial charge on any atom is 0.281 e. The predicted molar refractivity (Wildman–Crippen MR) is 57.6 cm³/mol. The molecule has 0 aromatic carbocycles. The van der Waals surface area contributed by atoms with Gasteiger partial charge in [0.05, 0.1) is 6.20 Å². The molecular weight excluding hydrogens is 194 g/mol. The zero-order valence-corrected chi connectivity index (χ0v) is 8.93. The average molecular weight is 207 g/mol. The second kappa shape index (κ2) is 3.08. The predicted octanol–water partition coefficient (Wildman–Crippen LogP) is 0.293. The number of nitrogens with two attached hydrogens (primary N) is 1. The van der Waals surface area contributed by atoms with E-state index in [0.717, 1.165) is 0 Å². The van der Waals surface area contributed by atoms with E-state index in [4.69, 9.17) is 5.73 Å². The lowest BCUT2D eigenvalue weighted by Crippen LogP contribution is -2.27. The molecule has 0 radical (unpaired) electrons. The number of fused-ring (bicyclic) bond motifs is 1. The van der Waals surface area contributed by atoms with Crippen LogP contribution in [0.2, 0.25) is 0 Å². The smallest absolute Gasteiger partial charge is 0.281 e. The van der Waals surface area contributed by atoms with Gasteiger partial charge in [0, 0.05) is 13.1 Å². The van der Waals surface area contributed by atoms with Crippen molar-refractivity contribution >= 4 is 17.0 Å². The molecule has 2 aromatic rings. The van der Waals surface area contributed by atoms with Crippen LogP contribution in [0, 0.1) is 0 Å². The summed E-state index contributed by atoms with van der Waals surface area (Å²) in [4.78, 5) is 16.2. The van der Waals surface area contributed by atoms with Gasteiger partial charge in [0.1, 0.15) is 5.52 Å². The van der Waals surface area contributed by atoms with E-state index < -0.39 is 0 Å². The van der Waals surface area contributed by atoms with Gasteiger partial charge in [-0.2, -0.15) is 5.10 Å². The summed E-state index contributed by atoms with van der Waals surface area (Å²) in [5, 5.41) is 3.98. The Bertz CT molecular complexity index is 566. The molecule has 2 heterocycles. The van der Waals surface area contributed by atoms with E-state index in [2.05, 4.69) is 10.1 Å². The van der Waals surface area contributed by atoms with Crippen LogP contribution < -0.4 is 11.3 Å². The number of aromatic nitrogens is 4. The molecule has 6 heteroatoms. The molecular formula is C9H13N5O. The van der Waals surface area contributed by atoms with E-state index in [0.29, 0.717) is 11.0 Å². The van der Waals surface area contributed by atoms with E-state index in [1.807, 2.05) is 13.8 Å². The van der Waals surface area contributed by atoms with Crippen molar-refractivity contribution in [2.75, 3.05) is 5.73 Å². The molecule has 0 atom stereocenters. The van der Waals surface area contributed by atoms with Crippen LogP contribution in [0.25, 0.3) is 11.0 Å². The Labute approximate surface area is 86.3 Å². The van der Waals surface area contributed by atoms with Crippen LogP contribution in [0.1, 0.15) is 19.9 Å². The third kappa shape index (κ3) is 1.29. The van der Waals surface area contributed by atoms with Gasteiger partial charge in [-0.1, -0.05) is 0 Å². The van der Waals surface area contributed by atoms with Crippen molar-refractivity contribution < 1.29 is 0 Å². The summed E-state index contributed by atoms with van der Waals surface area (Å²) in [6.07, 6.45) is 1.54. The fourth-order valence-corrected chi connectivity index (χ4v) is 1.65. The van der Waals surface area contributed by atoms with E-state index in [-0.39, 0.29) is 17.5 Å². The highest BCUT2D eigenvalue weighted by Crippen LogP contribution is 2.11. The van der Waals surface area contributed by atoms with E-state index in [1.54, 1.807) is 7.05 Å². The standard InChI is InChI=1S/C9H13N5O/c1-5(2)14-8(15)7-6(12-9(14)10)4-11-13(7)3/h4-5H,1-3H3,(H2,10,12). The second-order valence-corrected chi connectivity index (χ2v) is 3.74. The highest BCUT2D eigenvalue weighted by molar-refractivity contribution is 5.74. The number of nitrogens with zero attached hydrogens (tertiary/aromatic N) is 4. The van der Waals surface area contributed by atoms with Crippen molar-refractivity contribution in [2.45, 2.75) is 19.9 Å². The summed E-state index contributed by atoms with van der Waals surface area (Å²) >= 11 is 0. The zero-order chi connectivity index (χ0) is 11.2. The van der Waals surface area contributed by atoms with Gasteiger partial charge in [0.25, 0.3) is 5.56 Å². The van der Waals surface area contributed by atoms with Crippen molar-refractivity contribution in [2.24, 2.45) is 7.05 Å². The maximum absolute atomic E-state index is 12.1. The van der Waals surface area contributed by atoms with Crippen LogP contribution in [-0.2, 0) is 7.05 Å². The number of hydrogen-bond acceptors (Lipinski definition) is 4. The Morgan fingerprint density at radius 2 is 2.13 bits per heavy atom. The first-order chi connectivity index (χ1) is 7.02. The molecule has 2 aromatic heterocycles. The lowest BCUT2D eigenvalue weighted by Gasteiger charge is -2.12. The summed E-state index contributed by atoms with van der Waals surface area (Å²) < 4.78 is 2.98. The minimum atomic E-state index is -0.146. The Kier molecular flexibility index (Phi) is 1.99. The molecule has 0 unspecified atom stereocenters. The lowest BCUT2D eigenvalue weighted by molar-refractivity contribution is 0.581. The fourth-order valence-electron chi connectivity index (χ4n) is 1.65. The quantitative estimate of drug-likeness (QED) is 0.729. The minimum Gasteiger partial charge on any atom is -0.369 e. The molecule has 0 amide bonds. The third-order valence-electron chi connectivity index (χ3n) is 2.34. The Morgan fingerprint density at radius 3 is 2.73 bits per heavy atom. The fraction of sp³-hybridized carbons (Fsp3) is 0.444. The molecule has 80 valence electrons. The van der Waals surface area contributed by atoms with Gasteiger partial charge in [0.2, 0.25) is 5.95 Å². The zero-order valence-electron chi connectivity index (χ0n) is 8.93. The van der Waals surface area contributed by atoms with Crippen LogP contribution in [0.15, 0.2) is 11.0 Å². The van der Waals surface area contributed by atoms with Gasteiger partial charge in [0.15, 0.2) is 5.52 Å². The summed E-state index contributed by atoms with van der Waals surface area (Å²) in [5.74, 6) is 0.232. The van der Waals surface area contributed by atoms with Gasteiger partial charge in [-0.15, -0.1) is 0 Å². The number of nitrogen functional groups attached to an aromatic ring is 1. The van der Waals surface area contributed by atoms with Crippen LogP contribution in [0.3, 0.4) is 0 Å². The van der Waals surface area contributed by atoms with Crippen LogP contribution in [0.4, 0.5) is 5.95 Å². The molecule has 0 aliphatic rings. The Hall–Kier alpha value is -1.85. The first kappa shape index (κ1) is 9.70. The minimum absolute atomic E-state index is 0.00991. The van der Waals surface area contributed by atoms with Crippen LogP contribution in [0.5, 0.6) is 0 Å². The second-order valence-electron chi connectivity index (χ2n) is 3.74. The molecule has 0 aliphatic heterocycles. The molecule has 0 fully saturated rings. The highest BCUT2D eigenvalue weighted by Gasteiger charge is 2.13. The summed E-state index contributed by atoms with van der Waals surface area (Å²) in [6, 6.07) is -0.00991. The average Bonchev–Trinajstić information content (AvgIpc) is 2.46. The van der Waals surface area contributed by atoms with Gasteiger partial charge < -0.3 is 5.73 Å². The monoisotopic (exact) mass is 207 g/mol. The maximum atomic E-state index is 12.1. The SMILES string of the molecule is CC(C)n1c(N)nc2cnn(C)c2c1=O. The molecule has 0 aliphatic carbocycles. The topological polar surface area (TPSA) is 78.7 Å². The number of rotatable bonds is 1.